The summed E-state index contributed by atoms with van der Waals surface area (Å²) in [5.41, 5.74) is 0.913. The quantitative estimate of drug-likeness (QED) is 0.572. The Balaban J connectivity index is 2.46. The van der Waals surface area contributed by atoms with E-state index in [1.807, 2.05) is 44.2 Å². The summed E-state index contributed by atoms with van der Waals surface area (Å²) in [4.78, 5) is 23.6. The maximum Gasteiger partial charge on any atom is 0.331 e. The maximum atomic E-state index is 11.8. The molecule has 0 heterocycles. The van der Waals surface area contributed by atoms with Crippen LogP contribution in [-0.2, 0) is 19.1 Å². The van der Waals surface area contributed by atoms with Crippen LogP contribution in [0, 0.1) is 11.8 Å². The van der Waals surface area contributed by atoms with E-state index in [0.29, 0.717) is 6.61 Å². The topological polar surface area (TPSA) is 52.6 Å². The molecule has 0 aliphatic heterocycles. The highest BCUT2D eigenvalue weighted by atomic mass is 16.6. The Kier molecular flexibility index (Phi) is 7.37. The molecule has 0 radical (unpaired) electrons. The zero-order chi connectivity index (χ0) is 16.5. The third kappa shape index (κ3) is 6.57. The number of carbonyl (C=O) groups excluding carboxylic acids is 2. The van der Waals surface area contributed by atoms with E-state index in [9.17, 15) is 9.59 Å². The Labute approximate surface area is 132 Å². The normalized spacial score (nSPS) is 13.9. The number of rotatable bonds is 7. The number of carbonyl (C=O) groups is 2. The molecule has 1 aromatic rings. The van der Waals surface area contributed by atoms with Crippen molar-refractivity contribution in [3.05, 3.63) is 42.0 Å². The van der Waals surface area contributed by atoms with Crippen molar-refractivity contribution in [3.63, 3.8) is 0 Å². The largest absolute Gasteiger partial charge is 0.465 e. The van der Waals surface area contributed by atoms with Crippen molar-refractivity contribution in [3.8, 4) is 0 Å². The van der Waals surface area contributed by atoms with Crippen LogP contribution in [0.5, 0.6) is 0 Å². The molecule has 4 nitrogen and oxygen atoms in total. The first-order chi connectivity index (χ1) is 10.4. The standard InChI is InChI=1S/C18H24O4/c1-13(2)12-21-18(20)14(3)15(4)22-17(19)11-10-16-8-6-5-7-9-16/h5-11,13-15H,12H2,1-4H3/b11-10+. The van der Waals surface area contributed by atoms with Gasteiger partial charge >= 0.3 is 11.9 Å². The van der Waals surface area contributed by atoms with Crippen molar-refractivity contribution in [2.75, 3.05) is 6.61 Å². The van der Waals surface area contributed by atoms with Crippen molar-refractivity contribution >= 4 is 18.0 Å². The zero-order valence-corrected chi connectivity index (χ0v) is 13.6. The molecule has 0 amide bonds. The number of benzene rings is 1. The third-order valence-electron chi connectivity index (χ3n) is 3.15. The Morgan fingerprint density at radius 2 is 1.73 bits per heavy atom. The molecule has 1 rings (SSSR count). The lowest BCUT2D eigenvalue weighted by Gasteiger charge is -2.19. The van der Waals surface area contributed by atoms with Gasteiger partial charge in [-0.1, -0.05) is 44.2 Å². The van der Waals surface area contributed by atoms with Crippen LogP contribution < -0.4 is 0 Å². The molecule has 4 heteroatoms. The number of hydrogen-bond acceptors (Lipinski definition) is 4. The Morgan fingerprint density at radius 3 is 2.32 bits per heavy atom. The Bertz CT molecular complexity index is 505. The van der Waals surface area contributed by atoms with Crippen molar-refractivity contribution < 1.29 is 19.1 Å². The third-order valence-corrected chi connectivity index (χ3v) is 3.15. The maximum absolute atomic E-state index is 11.8. The highest BCUT2D eigenvalue weighted by molar-refractivity contribution is 5.87. The smallest absolute Gasteiger partial charge is 0.331 e. The van der Waals surface area contributed by atoms with Gasteiger partial charge in [-0.25, -0.2) is 4.79 Å². The first kappa shape index (κ1) is 18.0. The monoisotopic (exact) mass is 304 g/mol. The number of ether oxygens (including phenoxy) is 2. The summed E-state index contributed by atoms with van der Waals surface area (Å²) in [5, 5.41) is 0. The van der Waals surface area contributed by atoms with Crippen LogP contribution in [0.4, 0.5) is 0 Å². The van der Waals surface area contributed by atoms with E-state index < -0.39 is 18.0 Å². The van der Waals surface area contributed by atoms with Gasteiger partial charge in [0.25, 0.3) is 0 Å². The lowest BCUT2D eigenvalue weighted by molar-refractivity contribution is -0.158. The molecule has 0 aliphatic rings. The minimum atomic E-state index is -0.535. The second-order valence-corrected chi connectivity index (χ2v) is 5.70. The van der Waals surface area contributed by atoms with Crippen LogP contribution in [0.2, 0.25) is 0 Å². The molecule has 2 atom stereocenters. The summed E-state index contributed by atoms with van der Waals surface area (Å²) in [5.74, 6) is -1.03. The van der Waals surface area contributed by atoms with E-state index in [4.69, 9.17) is 9.47 Å². The zero-order valence-electron chi connectivity index (χ0n) is 13.6. The fourth-order valence-corrected chi connectivity index (χ4v) is 1.62. The summed E-state index contributed by atoms with van der Waals surface area (Å²) >= 11 is 0. The van der Waals surface area contributed by atoms with Crippen molar-refractivity contribution in [1.29, 1.82) is 0 Å². The fraction of sp³-hybridized carbons (Fsp3) is 0.444. The second kappa shape index (κ2) is 9.03. The fourth-order valence-electron chi connectivity index (χ4n) is 1.62. The molecular formula is C18H24O4. The van der Waals surface area contributed by atoms with E-state index >= 15 is 0 Å². The SMILES string of the molecule is CC(C)COC(=O)C(C)C(C)OC(=O)/C=C/c1ccccc1. The van der Waals surface area contributed by atoms with Crippen molar-refractivity contribution in [2.45, 2.75) is 33.8 Å². The average Bonchev–Trinajstić information content (AvgIpc) is 2.50. The lowest BCUT2D eigenvalue weighted by atomic mass is 10.1. The van der Waals surface area contributed by atoms with Gasteiger partial charge in [0.05, 0.1) is 12.5 Å². The van der Waals surface area contributed by atoms with Gasteiger partial charge in [-0.05, 0) is 31.4 Å². The van der Waals surface area contributed by atoms with E-state index in [1.54, 1.807) is 19.9 Å². The molecule has 0 saturated carbocycles. The van der Waals surface area contributed by atoms with Crippen molar-refractivity contribution in [2.24, 2.45) is 11.8 Å². The number of esters is 2. The highest BCUT2D eigenvalue weighted by Gasteiger charge is 2.24. The summed E-state index contributed by atoms with van der Waals surface area (Å²) in [6, 6.07) is 9.46. The van der Waals surface area contributed by atoms with Gasteiger partial charge in [0.2, 0.25) is 0 Å². The molecule has 120 valence electrons. The van der Waals surface area contributed by atoms with E-state index in [-0.39, 0.29) is 11.9 Å². The average molecular weight is 304 g/mol. The number of hydrogen-bond donors (Lipinski definition) is 0. The van der Waals surface area contributed by atoms with Gasteiger partial charge in [-0.3, -0.25) is 4.79 Å². The van der Waals surface area contributed by atoms with Crippen LogP contribution in [0.1, 0.15) is 33.3 Å². The van der Waals surface area contributed by atoms with Crippen molar-refractivity contribution in [1.82, 2.24) is 0 Å². The molecule has 22 heavy (non-hydrogen) atoms. The van der Waals surface area contributed by atoms with E-state index in [0.717, 1.165) is 5.56 Å². The van der Waals surface area contributed by atoms with Gasteiger partial charge in [-0.15, -0.1) is 0 Å². The summed E-state index contributed by atoms with van der Waals surface area (Å²) in [6.45, 7) is 7.69. The first-order valence-electron chi connectivity index (χ1n) is 7.50. The molecule has 0 saturated heterocycles. The van der Waals surface area contributed by atoms with Gasteiger partial charge in [0, 0.05) is 6.08 Å². The Hall–Kier alpha value is -2.10. The molecule has 1 aromatic carbocycles. The molecule has 0 aliphatic carbocycles. The molecule has 0 bridgehead atoms. The van der Waals surface area contributed by atoms with Gasteiger partial charge in [-0.2, -0.15) is 0 Å². The van der Waals surface area contributed by atoms with E-state index in [1.165, 1.54) is 6.08 Å². The van der Waals surface area contributed by atoms with Gasteiger partial charge < -0.3 is 9.47 Å². The summed E-state index contributed by atoms with van der Waals surface area (Å²) in [6.07, 6.45) is 2.50. The van der Waals surface area contributed by atoms with Gasteiger partial charge in [0.15, 0.2) is 0 Å². The van der Waals surface area contributed by atoms with Crippen LogP contribution in [-0.4, -0.2) is 24.6 Å². The Morgan fingerprint density at radius 1 is 1.09 bits per heavy atom. The summed E-state index contributed by atoms with van der Waals surface area (Å²) in [7, 11) is 0. The molecule has 2 unspecified atom stereocenters. The van der Waals surface area contributed by atoms with E-state index in [2.05, 4.69) is 0 Å². The molecule has 0 N–H and O–H groups in total. The highest BCUT2D eigenvalue weighted by Crippen LogP contribution is 2.11. The predicted octanol–water partition coefficient (Wildman–Crippen LogP) is 3.47. The lowest BCUT2D eigenvalue weighted by Crippen LogP contribution is -2.29. The van der Waals surface area contributed by atoms with Crippen LogP contribution in [0.25, 0.3) is 6.08 Å². The molecular weight excluding hydrogens is 280 g/mol. The predicted molar refractivity (Wildman–Crippen MR) is 86.0 cm³/mol. The minimum Gasteiger partial charge on any atom is -0.465 e. The molecule has 0 fully saturated rings. The minimum absolute atomic E-state index is 0.280. The van der Waals surface area contributed by atoms with Crippen LogP contribution in [0.15, 0.2) is 36.4 Å². The van der Waals surface area contributed by atoms with Crippen LogP contribution >= 0.6 is 0 Å². The second-order valence-electron chi connectivity index (χ2n) is 5.70. The molecule has 0 aromatic heterocycles. The molecule has 0 spiro atoms. The summed E-state index contributed by atoms with van der Waals surface area (Å²) < 4.78 is 10.4. The first-order valence-corrected chi connectivity index (χ1v) is 7.50. The van der Waals surface area contributed by atoms with Crippen LogP contribution in [0.3, 0.4) is 0 Å². The van der Waals surface area contributed by atoms with Gasteiger partial charge in [0.1, 0.15) is 6.10 Å².